The molecule has 0 saturated carbocycles. The topological polar surface area (TPSA) is 25.8 Å². The highest BCUT2D eigenvalue weighted by Gasteiger charge is 2.05. The Kier molecular flexibility index (Phi) is 3.55. The van der Waals surface area contributed by atoms with E-state index in [4.69, 9.17) is 11.6 Å². The highest BCUT2D eigenvalue weighted by atomic mass is 35.5. The van der Waals surface area contributed by atoms with Crippen molar-refractivity contribution in [3.8, 4) is 0 Å². The van der Waals surface area contributed by atoms with Gasteiger partial charge in [0.05, 0.1) is 5.69 Å². The van der Waals surface area contributed by atoms with Gasteiger partial charge in [0.25, 0.3) is 0 Å². The summed E-state index contributed by atoms with van der Waals surface area (Å²) in [4.78, 5) is 8.37. The molecular formula is C14H13ClN2. The zero-order valence-corrected chi connectivity index (χ0v) is 10.4. The van der Waals surface area contributed by atoms with Gasteiger partial charge in [-0.15, -0.1) is 0 Å². The number of nitrogens with zero attached hydrogens (tertiary/aromatic N) is 2. The predicted octanol–water partition coefficient (Wildman–Crippen LogP) is 3.69. The van der Waals surface area contributed by atoms with Gasteiger partial charge in [-0.2, -0.15) is 0 Å². The highest BCUT2D eigenvalue weighted by molar-refractivity contribution is 6.29. The molecule has 1 aromatic heterocycles. The van der Waals surface area contributed by atoms with Crippen LogP contribution >= 0.6 is 11.6 Å². The Morgan fingerprint density at radius 3 is 2.59 bits per heavy atom. The Hall–Kier alpha value is -1.67. The van der Waals surface area contributed by atoms with Crippen LogP contribution in [0.15, 0.2) is 43.0 Å². The summed E-state index contributed by atoms with van der Waals surface area (Å²) in [6.45, 7) is 5.88. The minimum Gasteiger partial charge on any atom is -0.233 e. The Morgan fingerprint density at radius 2 is 1.94 bits per heavy atom. The molecule has 2 rings (SSSR count). The first-order valence-corrected chi connectivity index (χ1v) is 5.76. The fraction of sp³-hybridized carbons (Fsp3) is 0.143. The second kappa shape index (κ2) is 5.11. The quantitative estimate of drug-likeness (QED) is 0.770. The monoisotopic (exact) mass is 244 g/mol. The van der Waals surface area contributed by atoms with Crippen molar-refractivity contribution in [3.05, 3.63) is 65.2 Å². The standard InChI is InChI=1S/C14H13ClN2/c1-10(8-12-6-4-3-5-7-12)13-9-14(15)17-11(2)16-13/h3-7,9H,1,8H2,2H3. The largest absolute Gasteiger partial charge is 0.233 e. The lowest BCUT2D eigenvalue weighted by Crippen LogP contribution is -1.97. The Labute approximate surface area is 106 Å². The lowest BCUT2D eigenvalue weighted by molar-refractivity contribution is 1.03. The third-order valence-electron chi connectivity index (χ3n) is 2.43. The maximum atomic E-state index is 5.90. The maximum Gasteiger partial charge on any atom is 0.133 e. The van der Waals surface area contributed by atoms with E-state index in [1.54, 1.807) is 6.07 Å². The van der Waals surface area contributed by atoms with Gasteiger partial charge in [-0.05, 0) is 24.5 Å². The van der Waals surface area contributed by atoms with E-state index in [0.29, 0.717) is 11.0 Å². The Bertz CT molecular complexity index is 515. The van der Waals surface area contributed by atoms with E-state index >= 15 is 0 Å². The van der Waals surface area contributed by atoms with Crippen LogP contribution in [0.2, 0.25) is 5.15 Å². The fourth-order valence-electron chi connectivity index (χ4n) is 1.65. The van der Waals surface area contributed by atoms with E-state index in [-0.39, 0.29) is 0 Å². The number of hydrogen-bond donors (Lipinski definition) is 0. The van der Waals surface area contributed by atoms with Gasteiger partial charge in [0.1, 0.15) is 11.0 Å². The molecule has 0 bridgehead atoms. The van der Waals surface area contributed by atoms with E-state index in [1.807, 2.05) is 25.1 Å². The maximum absolute atomic E-state index is 5.90. The van der Waals surface area contributed by atoms with Crippen molar-refractivity contribution in [1.29, 1.82) is 0 Å². The summed E-state index contributed by atoms with van der Waals surface area (Å²) in [5.74, 6) is 0.668. The lowest BCUT2D eigenvalue weighted by atomic mass is 10.0. The van der Waals surface area contributed by atoms with Crippen molar-refractivity contribution in [2.45, 2.75) is 13.3 Å². The van der Waals surface area contributed by atoms with Crippen molar-refractivity contribution >= 4 is 17.2 Å². The predicted molar refractivity (Wildman–Crippen MR) is 71.0 cm³/mol. The van der Waals surface area contributed by atoms with E-state index < -0.39 is 0 Å². The minimum absolute atomic E-state index is 0.460. The fourth-order valence-corrected chi connectivity index (χ4v) is 1.87. The third kappa shape index (κ3) is 3.14. The molecule has 0 atom stereocenters. The van der Waals surface area contributed by atoms with Crippen LogP contribution < -0.4 is 0 Å². The van der Waals surface area contributed by atoms with Crippen LogP contribution in [0.1, 0.15) is 17.1 Å². The number of allylic oxidation sites excluding steroid dienone is 1. The van der Waals surface area contributed by atoms with Crippen molar-refractivity contribution in [3.63, 3.8) is 0 Å². The van der Waals surface area contributed by atoms with E-state index in [9.17, 15) is 0 Å². The Morgan fingerprint density at radius 1 is 1.24 bits per heavy atom. The van der Waals surface area contributed by atoms with Crippen LogP contribution in [0.4, 0.5) is 0 Å². The number of aryl methyl sites for hydroxylation is 1. The summed E-state index contributed by atoms with van der Waals surface area (Å²) < 4.78 is 0. The van der Waals surface area contributed by atoms with Gasteiger partial charge < -0.3 is 0 Å². The zero-order chi connectivity index (χ0) is 12.3. The molecule has 0 saturated heterocycles. The second-order valence-electron chi connectivity index (χ2n) is 3.89. The van der Waals surface area contributed by atoms with E-state index in [1.165, 1.54) is 5.56 Å². The average molecular weight is 245 g/mol. The van der Waals surface area contributed by atoms with Crippen LogP contribution in [0, 0.1) is 6.92 Å². The van der Waals surface area contributed by atoms with Crippen molar-refractivity contribution in [2.24, 2.45) is 0 Å². The number of halogens is 1. The summed E-state index contributed by atoms with van der Waals surface area (Å²) in [5, 5.41) is 0.460. The first-order chi connectivity index (χ1) is 8.15. The zero-order valence-electron chi connectivity index (χ0n) is 9.65. The smallest absolute Gasteiger partial charge is 0.133 e. The van der Waals surface area contributed by atoms with Crippen LogP contribution in [0.3, 0.4) is 0 Å². The molecule has 0 amide bonds. The molecule has 0 aliphatic carbocycles. The van der Waals surface area contributed by atoms with Gasteiger partial charge in [0.2, 0.25) is 0 Å². The van der Waals surface area contributed by atoms with Gasteiger partial charge in [-0.25, -0.2) is 9.97 Å². The van der Waals surface area contributed by atoms with E-state index in [0.717, 1.165) is 17.7 Å². The minimum atomic E-state index is 0.460. The van der Waals surface area contributed by atoms with Gasteiger partial charge in [0.15, 0.2) is 0 Å². The molecule has 0 fully saturated rings. The number of benzene rings is 1. The number of rotatable bonds is 3. The molecule has 0 N–H and O–H groups in total. The van der Waals surface area contributed by atoms with E-state index in [2.05, 4.69) is 28.7 Å². The van der Waals surface area contributed by atoms with Gasteiger partial charge in [-0.3, -0.25) is 0 Å². The number of aromatic nitrogens is 2. The van der Waals surface area contributed by atoms with Crippen molar-refractivity contribution < 1.29 is 0 Å². The third-order valence-corrected chi connectivity index (χ3v) is 2.62. The molecule has 2 nitrogen and oxygen atoms in total. The molecule has 86 valence electrons. The molecule has 0 aliphatic heterocycles. The van der Waals surface area contributed by atoms with Crippen LogP contribution in [-0.4, -0.2) is 9.97 Å². The molecule has 1 heterocycles. The van der Waals surface area contributed by atoms with Crippen LogP contribution in [0.25, 0.3) is 5.57 Å². The van der Waals surface area contributed by atoms with Gasteiger partial charge in [0, 0.05) is 6.07 Å². The van der Waals surface area contributed by atoms with Crippen molar-refractivity contribution in [1.82, 2.24) is 9.97 Å². The SMILES string of the molecule is C=C(Cc1ccccc1)c1cc(Cl)nc(C)n1. The summed E-state index contributed by atoms with van der Waals surface area (Å²) in [6.07, 6.45) is 0.771. The molecule has 17 heavy (non-hydrogen) atoms. The Balaban J connectivity index is 2.20. The first-order valence-electron chi connectivity index (χ1n) is 5.38. The van der Waals surface area contributed by atoms with Gasteiger partial charge >= 0.3 is 0 Å². The van der Waals surface area contributed by atoms with Gasteiger partial charge in [-0.1, -0.05) is 48.5 Å². The van der Waals surface area contributed by atoms with Crippen molar-refractivity contribution in [2.75, 3.05) is 0 Å². The lowest BCUT2D eigenvalue weighted by Gasteiger charge is -2.06. The summed E-state index contributed by atoms with van der Waals surface area (Å²) >= 11 is 5.90. The average Bonchev–Trinajstić information content (AvgIpc) is 2.29. The molecule has 0 aliphatic rings. The molecule has 0 radical (unpaired) electrons. The van der Waals surface area contributed by atoms with Crippen LogP contribution in [-0.2, 0) is 6.42 Å². The highest BCUT2D eigenvalue weighted by Crippen LogP contribution is 2.18. The molecule has 1 aromatic carbocycles. The molecule has 0 spiro atoms. The molecule has 0 unspecified atom stereocenters. The molecule has 2 aromatic rings. The normalized spacial score (nSPS) is 10.2. The number of hydrogen-bond acceptors (Lipinski definition) is 2. The molecular weight excluding hydrogens is 232 g/mol. The first kappa shape index (κ1) is 11.8. The summed E-state index contributed by atoms with van der Waals surface area (Å²) in [6, 6.07) is 11.9. The second-order valence-corrected chi connectivity index (χ2v) is 4.28. The molecule has 3 heteroatoms. The summed E-state index contributed by atoms with van der Waals surface area (Å²) in [7, 11) is 0. The summed E-state index contributed by atoms with van der Waals surface area (Å²) in [5.41, 5.74) is 2.97. The van der Waals surface area contributed by atoms with Crippen LogP contribution in [0.5, 0.6) is 0 Å².